The zero-order valence-corrected chi connectivity index (χ0v) is 12.9. The van der Waals surface area contributed by atoms with Gasteiger partial charge in [0.2, 0.25) is 5.91 Å². The summed E-state index contributed by atoms with van der Waals surface area (Å²) in [6, 6.07) is 5.64. The first-order chi connectivity index (χ1) is 10.0. The lowest BCUT2D eigenvalue weighted by Crippen LogP contribution is -2.55. The van der Waals surface area contributed by atoms with Crippen molar-refractivity contribution in [2.45, 2.75) is 39.5 Å². The predicted octanol–water partition coefficient (Wildman–Crippen LogP) is 1.22. The SMILES string of the molecule is Cc1cc(CO)ccc1N1CCOCC1C(=O)NC(C)C. The molecular weight excluding hydrogens is 268 g/mol. The quantitative estimate of drug-likeness (QED) is 0.876. The fourth-order valence-electron chi connectivity index (χ4n) is 2.63. The molecule has 0 aromatic heterocycles. The number of nitrogens with zero attached hydrogens (tertiary/aromatic N) is 1. The van der Waals surface area contributed by atoms with E-state index in [9.17, 15) is 9.90 Å². The largest absolute Gasteiger partial charge is 0.392 e. The Morgan fingerprint density at radius 1 is 1.52 bits per heavy atom. The number of aliphatic hydroxyl groups is 1. The maximum Gasteiger partial charge on any atom is 0.245 e. The molecule has 5 nitrogen and oxygen atoms in total. The van der Waals surface area contributed by atoms with E-state index in [1.54, 1.807) is 0 Å². The third kappa shape index (κ3) is 3.74. The highest BCUT2D eigenvalue weighted by molar-refractivity contribution is 5.86. The number of ether oxygens (including phenoxy) is 1. The van der Waals surface area contributed by atoms with Crippen LogP contribution in [0.5, 0.6) is 0 Å². The summed E-state index contributed by atoms with van der Waals surface area (Å²) in [4.78, 5) is 14.4. The Kier molecular flexibility index (Phi) is 5.20. The van der Waals surface area contributed by atoms with Crippen molar-refractivity contribution in [1.29, 1.82) is 0 Å². The first-order valence-electron chi connectivity index (χ1n) is 7.38. The Bertz CT molecular complexity index is 502. The number of amides is 1. The van der Waals surface area contributed by atoms with E-state index in [0.717, 1.165) is 16.8 Å². The fraction of sp³-hybridized carbons (Fsp3) is 0.562. The molecule has 1 aliphatic heterocycles. The third-order valence-electron chi connectivity index (χ3n) is 3.62. The smallest absolute Gasteiger partial charge is 0.245 e. The van der Waals surface area contributed by atoms with Gasteiger partial charge in [0.15, 0.2) is 0 Å². The molecule has 116 valence electrons. The highest BCUT2D eigenvalue weighted by atomic mass is 16.5. The summed E-state index contributed by atoms with van der Waals surface area (Å²) >= 11 is 0. The average molecular weight is 292 g/mol. The second-order valence-corrected chi connectivity index (χ2v) is 5.73. The number of morpholine rings is 1. The van der Waals surface area contributed by atoms with Gasteiger partial charge in [-0.2, -0.15) is 0 Å². The Hall–Kier alpha value is -1.59. The summed E-state index contributed by atoms with van der Waals surface area (Å²) in [5.74, 6) is -0.00432. The number of nitrogens with one attached hydrogen (secondary N) is 1. The molecule has 1 aromatic rings. The summed E-state index contributed by atoms with van der Waals surface area (Å²) in [6.07, 6.45) is 0. The summed E-state index contributed by atoms with van der Waals surface area (Å²) in [7, 11) is 0. The lowest BCUT2D eigenvalue weighted by atomic mass is 10.1. The van der Waals surface area contributed by atoms with E-state index < -0.39 is 0 Å². The molecule has 0 saturated carbocycles. The normalized spacial score (nSPS) is 18.9. The van der Waals surface area contributed by atoms with Crippen LogP contribution in [-0.2, 0) is 16.1 Å². The van der Waals surface area contributed by atoms with E-state index in [1.165, 1.54) is 0 Å². The van der Waals surface area contributed by atoms with Gasteiger partial charge in [0.05, 0.1) is 19.8 Å². The number of aliphatic hydroxyl groups excluding tert-OH is 1. The highest BCUT2D eigenvalue weighted by Crippen LogP contribution is 2.25. The molecule has 1 aliphatic rings. The number of aryl methyl sites for hydroxylation is 1. The Morgan fingerprint density at radius 3 is 2.90 bits per heavy atom. The van der Waals surface area contributed by atoms with Gasteiger partial charge in [0, 0.05) is 18.3 Å². The molecule has 1 unspecified atom stereocenters. The molecule has 1 saturated heterocycles. The zero-order chi connectivity index (χ0) is 15.4. The summed E-state index contributed by atoms with van der Waals surface area (Å²) in [5.41, 5.74) is 2.97. The molecule has 2 N–H and O–H groups in total. The molecule has 5 heteroatoms. The van der Waals surface area contributed by atoms with E-state index >= 15 is 0 Å². The monoisotopic (exact) mass is 292 g/mol. The van der Waals surface area contributed by atoms with Gasteiger partial charge in [-0.25, -0.2) is 0 Å². The summed E-state index contributed by atoms with van der Waals surface area (Å²) in [6.45, 7) is 7.64. The second-order valence-electron chi connectivity index (χ2n) is 5.73. The second kappa shape index (κ2) is 6.91. The van der Waals surface area contributed by atoms with Crippen LogP contribution in [0.15, 0.2) is 18.2 Å². The van der Waals surface area contributed by atoms with E-state index in [1.807, 2.05) is 39.0 Å². The number of hydrogen-bond acceptors (Lipinski definition) is 4. The van der Waals surface area contributed by atoms with E-state index in [4.69, 9.17) is 4.74 Å². The number of carbonyl (C=O) groups excluding carboxylic acids is 1. The average Bonchev–Trinajstić information content (AvgIpc) is 2.46. The van der Waals surface area contributed by atoms with Gasteiger partial charge in [-0.3, -0.25) is 4.79 Å². The molecule has 1 fully saturated rings. The van der Waals surface area contributed by atoms with Gasteiger partial charge in [-0.1, -0.05) is 12.1 Å². The number of carbonyl (C=O) groups is 1. The molecule has 1 atom stereocenters. The number of anilines is 1. The molecule has 1 heterocycles. The topological polar surface area (TPSA) is 61.8 Å². The molecular formula is C16H24N2O3. The standard InChI is InChI=1S/C16H24N2O3/c1-11(2)17-16(20)15-10-21-7-6-18(15)14-5-4-13(9-19)8-12(14)3/h4-5,8,11,15,19H,6-7,9-10H2,1-3H3,(H,17,20). The van der Waals surface area contributed by atoms with Crippen LogP contribution >= 0.6 is 0 Å². The molecule has 0 radical (unpaired) electrons. The molecule has 2 rings (SSSR count). The van der Waals surface area contributed by atoms with E-state index in [0.29, 0.717) is 19.8 Å². The highest BCUT2D eigenvalue weighted by Gasteiger charge is 2.30. The predicted molar refractivity (Wildman–Crippen MR) is 82.3 cm³/mol. The zero-order valence-electron chi connectivity index (χ0n) is 12.9. The van der Waals surface area contributed by atoms with Crippen molar-refractivity contribution in [3.63, 3.8) is 0 Å². The van der Waals surface area contributed by atoms with Crippen molar-refractivity contribution < 1.29 is 14.6 Å². The molecule has 21 heavy (non-hydrogen) atoms. The Labute approximate surface area is 125 Å². The molecule has 0 spiro atoms. The van der Waals surface area contributed by atoms with Crippen LogP contribution in [0.3, 0.4) is 0 Å². The van der Waals surface area contributed by atoms with Crippen LogP contribution in [0.1, 0.15) is 25.0 Å². The Morgan fingerprint density at radius 2 is 2.29 bits per heavy atom. The van der Waals surface area contributed by atoms with Crippen molar-refractivity contribution in [3.05, 3.63) is 29.3 Å². The summed E-state index contributed by atoms with van der Waals surface area (Å²) in [5, 5.41) is 12.2. The van der Waals surface area contributed by atoms with Gasteiger partial charge in [-0.05, 0) is 38.0 Å². The van der Waals surface area contributed by atoms with E-state index in [2.05, 4.69) is 10.2 Å². The number of benzene rings is 1. The lowest BCUT2D eigenvalue weighted by Gasteiger charge is -2.37. The van der Waals surface area contributed by atoms with Crippen molar-refractivity contribution >= 4 is 11.6 Å². The van der Waals surface area contributed by atoms with Crippen LogP contribution in [0, 0.1) is 6.92 Å². The number of rotatable bonds is 4. The third-order valence-corrected chi connectivity index (χ3v) is 3.62. The van der Waals surface area contributed by atoms with Gasteiger partial charge < -0.3 is 20.1 Å². The summed E-state index contributed by atoms with van der Waals surface area (Å²) < 4.78 is 5.48. The van der Waals surface area contributed by atoms with Crippen molar-refractivity contribution in [2.24, 2.45) is 0 Å². The van der Waals surface area contributed by atoms with Crippen LogP contribution < -0.4 is 10.2 Å². The fourth-order valence-corrected chi connectivity index (χ4v) is 2.63. The first-order valence-corrected chi connectivity index (χ1v) is 7.38. The maximum atomic E-state index is 12.4. The van der Waals surface area contributed by atoms with Crippen LogP contribution in [0.25, 0.3) is 0 Å². The minimum atomic E-state index is -0.306. The van der Waals surface area contributed by atoms with Crippen molar-refractivity contribution in [3.8, 4) is 0 Å². The van der Waals surface area contributed by atoms with Crippen LogP contribution in [0.4, 0.5) is 5.69 Å². The minimum absolute atomic E-state index is 0.00432. The van der Waals surface area contributed by atoms with Crippen LogP contribution in [-0.4, -0.2) is 42.9 Å². The maximum absolute atomic E-state index is 12.4. The molecule has 1 amide bonds. The minimum Gasteiger partial charge on any atom is -0.392 e. The molecule has 0 aliphatic carbocycles. The van der Waals surface area contributed by atoms with E-state index in [-0.39, 0.29) is 24.6 Å². The van der Waals surface area contributed by atoms with Crippen molar-refractivity contribution in [1.82, 2.24) is 5.32 Å². The number of hydrogen-bond donors (Lipinski definition) is 2. The van der Waals surface area contributed by atoms with Gasteiger partial charge in [-0.15, -0.1) is 0 Å². The lowest BCUT2D eigenvalue weighted by molar-refractivity contribution is -0.125. The van der Waals surface area contributed by atoms with Gasteiger partial charge in [0.25, 0.3) is 0 Å². The first kappa shape index (κ1) is 15.8. The van der Waals surface area contributed by atoms with Gasteiger partial charge in [0.1, 0.15) is 6.04 Å². The van der Waals surface area contributed by atoms with Gasteiger partial charge >= 0.3 is 0 Å². The molecule has 0 bridgehead atoms. The van der Waals surface area contributed by atoms with Crippen molar-refractivity contribution in [2.75, 3.05) is 24.7 Å². The Balaban J connectivity index is 2.24. The molecule has 1 aromatic carbocycles. The van der Waals surface area contributed by atoms with Crippen LogP contribution in [0.2, 0.25) is 0 Å².